The topological polar surface area (TPSA) is 88.4 Å². The first-order valence-corrected chi connectivity index (χ1v) is 10.1. The standard InChI is InChI=1S/C22H25ClN4O2/c23-20-11-19(6-5-17(20)12-24)26-22(29)13-25-21-4-2-1-3-18(21)14-27-9-7-16(15-28)8-10-27/h1-6,11,16,25,28H,7-10,13-15H2,(H,26,29). The van der Waals surface area contributed by atoms with Crippen molar-refractivity contribution >= 4 is 28.9 Å². The number of nitriles is 1. The van der Waals surface area contributed by atoms with Crippen molar-refractivity contribution in [1.82, 2.24) is 4.90 Å². The molecule has 152 valence electrons. The number of hydrogen-bond donors (Lipinski definition) is 3. The fourth-order valence-electron chi connectivity index (χ4n) is 3.46. The number of likely N-dealkylation sites (tertiary alicyclic amines) is 1. The zero-order chi connectivity index (χ0) is 20.6. The zero-order valence-electron chi connectivity index (χ0n) is 16.2. The number of amides is 1. The maximum absolute atomic E-state index is 12.3. The van der Waals surface area contributed by atoms with Crippen molar-refractivity contribution < 1.29 is 9.90 Å². The van der Waals surface area contributed by atoms with Crippen LogP contribution in [0.4, 0.5) is 11.4 Å². The summed E-state index contributed by atoms with van der Waals surface area (Å²) < 4.78 is 0. The molecule has 3 N–H and O–H groups in total. The molecule has 1 aliphatic heterocycles. The Morgan fingerprint density at radius 1 is 1.24 bits per heavy atom. The van der Waals surface area contributed by atoms with Crippen molar-refractivity contribution in [3.05, 3.63) is 58.6 Å². The average Bonchev–Trinajstić information content (AvgIpc) is 2.74. The molecule has 1 heterocycles. The molecule has 29 heavy (non-hydrogen) atoms. The molecule has 0 saturated carbocycles. The third-order valence-corrected chi connectivity index (χ3v) is 5.50. The lowest BCUT2D eigenvalue weighted by Crippen LogP contribution is -2.34. The first-order chi connectivity index (χ1) is 14.1. The number of benzene rings is 2. The molecule has 1 saturated heterocycles. The van der Waals surface area contributed by atoms with E-state index in [1.807, 2.05) is 24.3 Å². The number of piperidine rings is 1. The molecule has 2 aromatic carbocycles. The summed E-state index contributed by atoms with van der Waals surface area (Å²) in [6.45, 7) is 3.15. The Morgan fingerprint density at radius 2 is 2.00 bits per heavy atom. The summed E-state index contributed by atoms with van der Waals surface area (Å²) in [6.07, 6.45) is 2.03. The number of nitrogens with one attached hydrogen (secondary N) is 2. The molecule has 2 aromatic rings. The largest absolute Gasteiger partial charge is 0.396 e. The normalized spacial score (nSPS) is 14.9. The number of carbonyl (C=O) groups excluding carboxylic acids is 1. The molecule has 1 aliphatic rings. The SMILES string of the molecule is N#Cc1ccc(NC(=O)CNc2ccccc2CN2CCC(CO)CC2)cc1Cl. The van der Waals surface area contributed by atoms with Gasteiger partial charge in [-0.25, -0.2) is 0 Å². The summed E-state index contributed by atoms with van der Waals surface area (Å²) in [5.74, 6) is 0.225. The van der Waals surface area contributed by atoms with Crippen LogP contribution in [0.25, 0.3) is 0 Å². The Hall–Kier alpha value is -2.59. The van der Waals surface area contributed by atoms with Crippen LogP contribution >= 0.6 is 11.6 Å². The van der Waals surface area contributed by atoms with Gasteiger partial charge in [-0.1, -0.05) is 29.8 Å². The molecule has 0 radical (unpaired) electrons. The quantitative estimate of drug-likeness (QED) is 0.648. The highest BCUT2D eigenvalue weighted by Gasteiger charge is 2.19. The molecule has 0 aliphatic carbocycles. The summed E-state index contributed by atoms with van der Waals surface area (Å²) in [5, 5.41) is 24.5. The highest BCUT2D eigenvalue weighted by Crippen LogP contribution is 2.23. The van der Waals surface area contributed by atoms with E-state index < -0.39 is 0 Å². The van der Waals surface area contributed by atoms with Gasteiger partial charge in [-0.15, -0.1) is 0 Å². The molecule has 1 amide bonds. The van der Waals surface area contributed by atoms with E-state index in [0.717, 1.165) is 43.7 Å². The molecular formula is C22H25ClN4O2. The van der Waals surface area contributed by atoms with E-state index >= 15 is 0 Å². The van der Waals surface area contributed by atoms with Crippen LogP contribution in [0.2, 0.25) is 5.02 Å². The molecule has 0 bridgehead atoms. The van der Waals surface area contributed by atoms with Crippen molar-refractivity contribution in [1.29, 1.82) is 5.26 Å². The zero-order valence-corrected chi connectivity index (χ0v) is 17.0. The number of halogens is 1. The second kappa shape index (κ2) is 10.3. The van der Waals surface area contributed by atoms with Gasteiger partial charge in [0.1, 0.15) is 6.07 Å². The second-order valence-electron chi connectivity index (χ2n) is 7.27. The van der Waals surface area contributed by atoms with Crippen LogP contribution in [-0.2, 0) is 11.3 Å². The maximum atomic E-state index is 12.3. The molecule has 0 spiro atoms. The van der Waals surface area contributed by atoms with Crippen molar-refractivity contribution in [3.8, 4) is 6.07 Å². The van der Waals surface area contributed by atoms with Crippen molar-refractivity contribution in [2.24, 2.45) is 5.92 Å². The Kier molecular flexibility index (Phi) is 7.48. The first-order valence-electron chi connectivity index (χ1n) is 9.73. The number of aliphatic hydroxyl groups excluding tert-OH is 1. The predicted molar refractivity (Wildman–Crippen MR) is 115 cm³/mol. The van der Waals surface area contributed by atoms with Gasteiger partial charge < -0.3 is 15.7 Å². The van der Waals surface area contributed by atoms with E-state index in [2.05, 4.69) is 21.6 Å². The van der Waals surface area contributed by atoms with E-state index in [0.29, 0.717) is 22.2 Å². The lowest BCUT2D eigenvalue weighted by atomic mass is 9.97. The van der Waals surface area contributed by atoms with Gasteiger partial charge >= 0.3 is 0 Å². The molecule has 7 heteroatoms. The second-order valence-corrected chi connectivity index (χ2v) is 7.67. The van der Waals surface area contributed by atoms with Gasteiger partial charge in [0.2, 0.25) is 5.91 Å². The minimum Gasteiger partial charge on any atom is -0.396 e. The van der Waals surface area contributed by atoms with E-state index in [1.165, 1.54) is 0 Å². The van der Waals surface area contributed by atoms with Crippen LogP contribution in [0.3, 0.4) is 0 Å². The smallest absolute Gasteiger partial charge is 0.243 e. The fraction of sp³-hybridized carbons (Fsp3) is 0.364. The van der Waals surface area contributed by atoms with Crippen LogP contribution < -0.4 is 10.6 Å². The third kappa shape index (κ3) is 5.94. The number of carbonyl (C=O) groups is 1. The molecular weight excluding hydrogens is 388 g/mol. The van der Waals surface area contributed by atoms with Crippen molar-refractivity contribution in [2.75, 3.05) is 36.9 Å². The Bertz CT molecular complexity index is 889. The summed E-state index contributed by atoms with van der Waals surface area (Å²) in [7, 11) is 0. The molecule has 0 unspecified atom stereocenters. The Labute approximate surface area is 176 Å². The van der Waals surface area contributed by atoms with Crippen molar-refractivity contribution in [3.63, 3.8) is 0 Å². The Morgan fingerprint density at radius 3 is 2.69 bits per heavy atom. The van der Waals surface area contributed by atoms with Crippen LogP contribution in [0.5, 0.6) is 0 Å². The summed E-state index contributed by atoms with van der Waals surface area (Å²) >= 11 is 6.01. The Balaban J connectivity index is 1.55. The monoisotopic (exact) mass is 412 g/mol. The van der Waals surface area contributed by atoms with E-state index in [9.17, 15) is 9.90 Å². The summed E-state index contributed by atoms with van der Waals surface area (Å²) in [4.78, 5) is 14.7. The van der Waals surface area contributed by atoms with Gasteiger partial charge in [0, 0.05) is 24.5 Å². The van der Waals surface area contributed by atoms with Crippen LogP contribution in [0, 0.1) is 17.2 Å². The van der Waals surface area contributed by atoms with Gasteiger partial charge in [0.15, 0.2) is 0 Å². The lowest BCUT2D eigenvalue weighted by molar-refractivity contribution is -0.114. The highest BCUT2D eigenvalue weighted by molar-refractivity contribution is 6.32. The van der Waals surface area contributed by atoms with Crippen LogP contribution in [0.15, 0.2) is 42.5 Å². The predicted octanol–water partition coefficient (Wildman–Crippen LogP) is 3.47. The summed E-state index contributed by atoms with van der Waals surface area (Å²) in [5.41, 5.74) is 3.01. The van der Waals surface area contributed by atoms with Gasteiger partial charge in [0.05, 0.1) is 17.1 Å². The van der Waals surface area contributed by atoms with Gasteiger partial charge in [-0.2, -0.15) is 5.26 Å². The molecule has 1 fully saturated rings. The molecule has 6 nitrogen and oxygen atoms in total. The maximum Gasteiger partial charge on any atom is 0.243 e. The molecule has 0 atom stereocenters. The fourth-order valence-corrected chi connectivity index (χ4v) is 3.69. The number of anilines is 2. The van der Waals surface area contributed by atoms with Gasteiger partial charge in [-0.3, -0.25) is 9.69 Å². The summed E-state index contributed by atoms with van der Waals surface area (Å²) in [6, 6.07) is 14.8. The van der Waals surface area contributed by atoms with E-state index in [-0.39, 0.29) is 19.1 Å². The number of para-hydroxylation sites is 1. The lowest BCUT2D eigenvalue weighted by Gasteiger charge is -2.31. The number of aliphatic hydroxyl groups is 1. The average molecular weight is 413 g/mol. The van der Waals surface area contributed by atoms with E-state index in [4.69, 9.17) is 16.9 Å². The first kappa shape index (κ1) is 21.1. The van der Waals surface area contributed by atoms with Crippen molar-refractivity contribution in [2.45, 2.75) is 19.4 Å². The number of rotatable bonds is 7. The van der Waals surface area contributed by atoms with Gasteiger partial charge in [-0.05, 0) is 61.7 Å². The van der Waals surface area contributed by atoms with Crippen LogP contribution in [-0.4, -0.2) is 42.2 Å². The minimum absolute atomic E-state index is 0.126. The van der Waals surface area contributed by atoms with Gasteiger partial charge in [0.25, 0.3) is 0 Å². The minimum atomic E-state index is -0.190. The highest BCUT2D eigenvalue weighted by atomic mass is 35.5. The molecule has 3 rings (SSSR count). The number of hydrogen-bond acceptors (Lipinski definition) is 5. The third-order valence-electron chi connectivity index (χ3n) is 5.19. The number of nitrogens with zero attached hydrogens (tertiary/aromatic N) is 2. The van der Waals surface area contributed by atoms with Crippen LogP contribution in [0.1, 0.15) is 24.0 Å². The van der Waals surface area contributed by atoms with E-state index in [1.54, 1.807) is 18.2 Å². The molecule has 0 aromatic heterocycles.